The van der Waals surface area contributed by atoms with Crippen molar-refractivity contribution in [1.29, 1.82) is 0 Å². The van der Waals surface area contributed by atoms with E-state index in [1.807, 2.05) is 0 Å². The van der Waals surface area contributed by atoms with Gasteiger partial charge in [-0.25, -0.2) is 0 Å². The van der Waals surface area contributed by atoms with Crippen molar-refractivity contribution in [3.63, 3.8) is 0 Å². The van der Waals surface area contributed by atoms with Crippen LogP contribution in [0.15, 0.2) is 27.4 Å². The van der Waals surface area contributed by atoms with Crippen LogP contribution in [-0.4, -0.2) is 71.9 Å². The van der Waals surface area contributed by atoms with Crippen molar-refractivity contribution < 1.29 is 50.0 Å². The highest BCUT2D eigenvalue weighted by molar-refractivity contribution is 5.96. The summed E-state index contributed by atoms with van der Waals surface area (Å²) in [6.07, 6.45) is -8.16. The van der Waals surface area contributed by atoms with Gasteiger partial charge in [0, 0.05) is 12.1 Å². The smallest absolute Gasteiger partial charge is 0.204 e. The number of hydrogen-bond acceptors (Lipinski definition) is 11. The van der Waals surface area contributed by atoms with E-state index in [-0.39, 0.29) is 16.6 Å². The maximum Gasteiger partial charge on any atom is 0.204 e. The first-order valence-electron chi connectivity index (χ1n) is 8.83. The van der Waals surface area contributed by atoms with E-state index in [0.717, 1.165) is 18.2 Å². The Hall–Kier alpha value is -3.09. The van der Waals surface area contributed by atoms with Crippen LogP contribution in [-0.2, 0) is 4.74 Å². The van der Waals surface area contributed by atoms with Crippen LogP contribution in [0.2, 0.25) is 0 Å². The minimum Gasteiger partial charge on any atom is -0.507 e. The number of phenolic OH excluding ortho intramolecular Hbond substituents is 4. The lowest BCUT2D eigenvalue weighted by Crippen LogP contribution is -2.55. The molecule has 5 atom stereocenters. The first-order chi connectivity index (χ1) is 14.1. The Kier molecular flexibility index (Phi) is 4.71. The molecule has 0 bridgehead atoms. The largest absolute Gasteiger partial charge is 0.507 e. The van der Waals surface area contributed by atoms with E-state index in [0.29, 0.717) is 0 Å². The predicted molar refractivity (Wildman–Crippen MR) is 99.4 cm³/mol. The molecule has 1 fully saturated rings. The number of benzene rings is 2. The van der Waals surface area contributed by atoms with Gasteiger partial charge in [-0.05, 0) is 6.07 Å². The van der Waals surface area contributed by atoms with Crippen LogP contribution in [0, 0.1) is 0 Å². The average Bonchev–Trinajstić information content (AvgIpc) is 2.69. The fraction of sp³-hybridized carbons (Fsp3) is 0.316. The molecule has 4 rings (SSSR count). The van der Waals surface area contributed by atoms with Gasteiger partial charge in [-0.3, -0.25) is 4.79 Å². The molecule has 2 heterocycles. The van der Waals surface area contributed by atoms with Gasteiger partial charge in [-0.2, -0.15) is 0 Å². The van der Waals surface area contributed by atoms with Crippen LogP contribution >= 0.6 is 0 Å². The van der Waals surface area contributed by atoms with Crippen LogP contribution in [0.4, 0.5) is 0 Å². The Morgan fingerprint density at radius 3 is 2.13 bits per heavy atom. The lowest BCUT2D eigenvalue weighted by Gasteiger charge is -2.40. The van der Waals surface area contributed by atoms with E-state index in [1.54, 1.807) is 0 Å². The van der Waals surface area contributed by atoms with E-state index >= 15 is 0 Å². The maximum atomic E-state index is 12.9. The van der Waals surface area contributed by atoms with Crippen LogP contribution in [0.5, 0.6) is 23.0 Å². The van der Waals surface area contributed by atoms with E-state index in [4.69, 9.17) is 9.15 Å². The number of rotatable bonds is 2. The molecule has 1 aliphatic heterocycles. The minimum absolute atomic E-state index is 0.123. The fourth-order valence-corrected chi connectivity index (χ4v) is 3.64. The van der Waals surface area contributed by atoms with E-state index in [2.05, 4.69) is 0 Å². The lowest BCUT2D eigenvalue weighted by atomic mass is 9.89. The molecule has 0 saturated carbocycles. The summed E-state index contributed by atoms with van der Waals surface area (Å²) in [6.45, 7) is -0.730. The molecule has 1 aromatic heterocycles. The zero-order valence-corrected chi connectivity index (χ0v) is 15.1. The molecule has 30 heavy (non-hydrogen) atoms. The summed E-state index contributed by atoms with van der Waals surface area (Å²) in [4.78, 5) is 12.9. The molecule has 2 aromatic carbocycles. The highest BCUT2D eigenvalue weighted by Crippen LogP contribution is 2.45. The zero-order chi connectivity index (χ0) is 21.9. The molecular formula is C19H18O11. The van der Waals surface area contributed by atoms with Crippen molar-refractivity contribution in [2.24, 2.45) is 0 Å². The molecule has 0 aliphatic carbocycles. The summed E-state index contributed by atoms with van der Waals surface area (Å²) in [5.74, 6) is -2.62. The van der Waals surface area contributed by atoms with Crippen LogP contribution in [0.1, 0.15) is 11.7 Å². The molecule has 160 valence electrons. The third-order valence-electron chi connectivity index (χ3n) is 5.23. The summed E-state index contributed by atoms with van der Waals surface area (Å²) in [5.41, 5.74) is -1.66. The molecular weight excluding hydrogens is 404 g/mol. The number of aliphatic hydroxyl groups is 4. The van der Waals surface area contributed by atoms with E-state index < -0.39 is 76.5 Å². The molecule has 0 spiro atoms. The zero-order valence-electron chi connectivity index (χ0n) is 15.1. The van der Waals surface area contributed by atoms with Crippen LogP contribution in [0.25, 0.3) is 21.9 Å². The molecule has 1 saturated heterocycles. The van der Waals surface area contributed by atoms with Crippen molar-refractivity contribution in [3.8, 4) is 23.0 Å². The quantitative estimate of drug-likeness (QED) is 0.191. The van der Waals surface area contributed by atoms with Gasteiger partial charge in [0.25, 0.3) is 0 Å². The molecule has 0 radical (unpaired) electrons. The van der Waals surface area contributed by atoms with E-state index in [1.165, 1.54) is 0 Å². The Morgan fingerprint density at radius 2 is 1.47 bits per heavy atom. The molecule has 11 nitrogen and oxygen atoms in total. The summed E-state index contributed by atoms with van der Waals surface area (Å²) < 4.78 is 10.8. The topological polar surface area (TPSA) is 201 Å². The van der Waals surface area contributed by atoms with E-state index in [9.17, 15) is 45.6 Å². The third kappa shape index (κ3) is 2.83. The monoisotopic (exact) mass is 422 g/mol. The van der Waals surface area contributed by atoms with Gasteiger partial charge in [-0.1, -0.05) is 0 Å². The van der Waals surface area contributed by atoms with Crippen LogP contribution in [0.3, 0.4) is 0 Å². The SMILES string of the molecule is O=c1c2cc(O)c(O)cc2oc2cc(O)c([C@@H]3O[C@@H](CO)[C@@H](O)[C@H](O)[C@H]3O)c(O)c12. The van der Waals surface area contributed by atoms with Crippen molar-refractivity contribution in [1.82, 2.24) is 0 Å². The van der Waals surface area contributed by atoms with Gasteiger partial charge in [-0.15, -0.1) is 0 Å². The van der Waals surface area contributed by atoms with Gasteiger partial charge in [0.15, 0.2) is 11.5 Å². The Labute approximate surface area is 166 Å². The molecule has 3 aromatic rings. The molecule has 8 N–H and O–H groups in total. The van der Waals surface area contributed by atoms with Crippen molar-refractivity contribution in [3.05, 3.63) is 34.0 Å². The second-order valence-electron chi connectivity index (χ2n) is 7.05. The first kappa shape index (κ1) is 20.2. The first-order valence-corrected chi connectivity index (χ1v) is 8.83. The number of fused-ring (bicyclic) bond motifs is 2. The average molecular weight is 422 g/mol. The molecule has 0 unspecified atom stereocenters. The second kappa shape index (κ2) is 7.00. The standard InChI is InChI=1S/C19H18O11/c20-4-11-15(25)17(27)18(28)19(30-11)12-8(23)3-10-13(16(12)26)14(24)5-1-6(21)7(22)2-9(5)29-10/h1-3,11,15,17-23,25-28H,4H2/t11-,15+,17-,18+,19-/m0/s1. The van der Waals surface area contributed by atoms with Crippen molar-refractivity contribution in [2.45, 2.75) is 30.5 Å². The number of hydrogen-bond donors (Lipinski definition) is 8. The molecule has 1 aliphatic rings. The highest BCUT2D eigenvalue weighted by atomic mass is 16.5. The maximum absolute atomic E-state index is 12.9. The Balaban J connectivity index is 1.98. The van der Waals surface area contributed by atoms with Crippen molar-refractivity contribution in [2.75, 3.05) is 6.61 Å². The number of ether oxygens (including phenoxy) is 1. The number of aliphatic hydroxyl groups excluding tert-OH is 4. The van der Waals surface area contributed by atoms with Crippen molar-refractivity contribution >= 4 is 21.9 Å². The third-order valence-corrected chi connectivity index (χ3v) is 5.23. The summed E-state index contributed by atoms with van der Waals surface area (Å²) >= 11 is 0. The summed E-state index contributed by atoms with van der Waals surface area (Å²) in [5, 5.41) is 79.4. The molecule has 11 heteroatoms. The molecule has 0 amide bonds. The Morgan fingerprint density at radius 1 is 0.833 bits per heavy atom. The van der Waals surface area contributed by atoms with Crippen LogP contribution < -0.4 is 5.43 Å². The number of phenols is 4. The van der Waals surface area contributed by atoms with Gasteiger partial charge in [0.1, 0.15) is 58.6 Å². The minimum atomic E-state index is -1.81. The fourth-order valence-electron chi connectivity index (χ4n) is 3.64. The Bertz CT molecular complexity index is 1200. The highest BCUT2D eigenvalue weighted by Gasteiger charge is 2.46. The van der Waals surface area contributed by atoms with Gasteiger partial charge >= 0.3 is 0 Å². The van der Waals surface area contributed by atoms with Gasteiger partial charge < -0.3 is 50.0 Å². The van der Waals surface area contributed by atoms with Gasteiger partial charge in [0.05, 0.1) is 17.6 Å². The lowest BCUT2D eigenvalue weighted by molar-refractivity contribution is -0.232. The second-order valence-corrected chi connectivity index (χ2v) is 7.05. The summed E-state index contributed by atoms with van der Waals surface area (Å²) in [7, 11) is 0. The number of aromatic hydroxyl groups is 4. The predicted octanol–water partition coefficient (Wildman–Crippen LogP) is -0.717. The summed E-state index contributed by atoms with van der Waals surface area (Å²) in [6, 6.07) is 2.90. The van der Waals surface area contributed by atoms with Gasteiger partial charge in [0.2, 0.25) is 5.43 Å². The normalized spacial score (nSPS) is 27.0.